The van der Waals surface area contributed by atoms with E-state index in [1.165, 1.54) is 16.7 Å². The summed E-state index contributed by atoms with van der Waals surface area (Å²) in [6.45, 7) is 4.77. The standard InChI is InChI=1S/C21H22N4O/c1-3-16-8-10-18(11-9-16)24-20(26)19-12-13-22-21(25-19)23-14-17-7-5-4-6-15(17)2/h4-13H,3,14H2,1-2H3,(H,24,26)(H,22,23,25). The van der Waals surface area contributed by atoms with Gasteiger partial charge in [-0.1, -0.05) is 43.3 Å². The fourth-order valence-corrected chi connectivity index (χ4v) is 2.57. The van der Waals surface area contributed by atoms with E-state index in [1.54, 1.807) is 12.3 Å². The second kappa shape index (κ2) is 8.25. The lowest BCUT2D eigenvalue weighted by Gasteiger charge is -2.09. The summed E-state index contributed by atoms with van der Waals surface area (Å²) in [5.74, 6) is 0.179. The first-order chi connectivity index (χ1) is 12.7. The molecule has 0 saturated carbocycles. The molecule has 0 spiro atoms. The van der Waals surface area contributed by atoms with Gasteiger partial charge in [0.2, 0.25) is 5.95 Å². The van der Waals surface area contributed by atoms with Crippen molar-refractivity contribution in [2.45, 2.75) is 26.8 Å². The average Bonchev–Trinajstić information content (AvgIpc) is 2.68. The van der Waals surface area contributed by atoms with Gasteiger partial charge in [0, 0.05) is 18.4 Å². The van der Waals surface area contributed by atoms with E-state index in [2.05, 4.69) is 46.6 Å². The van der Waals surface area contributed by atoms with Gasteiger partial charge in [-0.3, -0.25) is 4.79 Å². The summed E-state index contributed by atoms with van der Waals surface area (Å²) < 4.78 is 0. The molecule has 0 aliphatic carbocycles. The first kappa shape index (κ1) is 17.6. The van der Waals surface area contributed by atoms with E-state index >= 15 is 0 Å². The molecule has 0 fully saturated rings. The Morgan fingerprint density at radius 1 is 1.04 bits per heavy atom. The lowest BCUT2D eigenvalue weighted by atomic mass is 10.1. The van der Waals surface area contributed by atoms with E-state index in [4.69, 9.17) is 0 Å². The molecule has 0 aliphatic rings. The van der Waals surface area contributed by atoms with Crippen LogP contribution in [0.3, 0.4) is 0 Å². The number of carbonyl (C=O) groups excluding carboxylic acids is 1. The van der Waals surface area contributed by atoms with Gasteiger partial charge in [0.1, 0.15) is 5.69 Å². The van der Waals surface area contributed by atoms with Crippen molar-refractivity contribution in [3.05, 3.63) is 83.2 Å². The molecule has 0 bridgehead atoms. The summed E-state index contributed by atoms with van der Waals surface area (Å²) in [5, 5.41) is 6.04. The van der Waals surface area contributed by atoms with Crippen molar-refractivity contribution in [2.24, 2.45) is 0 Å². The normalized spacial score (nSPS) is 10.4. The van der Waals surface area contributed by atoms with Crippen LogP contribution in [0.5, 0.6) is 0 Å². The molecule has 3 rings (SSSR count). The number of benzene rings is 2. The molecule has 0 unspecified atom stereocenters. The van der Waals surface area contributed by atoms with E-state index in [9.17, 15) is 4.79 Å². The summed E-state index contributed by atoms with van der Waals surface area (Å²) in [5.41, 5.74) is 4.67. The van der Waals surface area contributed by atoms with Crippen molar-refractivity contribution in [2.75, 3.05) is 10.6 Å². The molecule has 0 saturated heterocycles. The number of hydrogen-bond donors (Lipinski definition) is 2. The number of nitrogens with one attached hydrogen (secondary N) is 2. The molecule has 3 aromatic rings. The van der Waals surface area contributed by atoms with Crippen molar-refractivity contribution in [1.82, 2.24) is 9.97 Å². The third-order valence-corrected chi connectivity index (χ3v) is 4.21. The third kappa shape index (κ3) is 4.45. The van der Waals surface area contributed by atoms with Crippen LogP contribution in [0.1, 0.15) is 34.1 Å². The summed E-state index contributed by atoms with van der Waals surface area (Å²) >= 11 is 0. The molecule has 132 valence electrons. The fraction of sp³-hybridized carbons (Fsp3) is 0.190. The van der Waals surface area contributed by atoms with Crippen molar-refractivity contribution < 1.29 is 4.79 Å². The highest BCUT2D eigenvalue weighted by molar-refractivity contribution is 6.02. The number of aryl methyl sites for hydroxylation is 2. The first-order valence-corrected chi connectivity index (χ1v) is 8.67. The molecule has 0 radical (unpaired) electrons. The molecule has 1 amide bonds. The second-order valence-electron chi connectivity index (χ2n) is 6.05. The molecule has 1 aromatic heterocycles. The van der Waals surface area contributed by atoms with Crippen LogP contribution in [-0.4, -0.2) is 15.9 Å². The van der Waals surface area contributed by atoms with Crippen molar-refractivity contribution in [1.29, 1.82) is 0 Å². The van der Waals surface area contributed by atoms with E-state index in [-0.39, 0.29) is 5.91 Å². The van der Waals surface area contributed by atoms with E-state index in [0.717, 1.165) is 12.1 Å². The molecule has 1 heterocycles. The molecular weight excluding hydrogens is 324 g/mol. The Hall–Kier alpha value is -3.21. The van der Waals surface area contributed by atoms with Gasteiger partial charge in [0.15, 0.2) is 0 Å². The van der Waals surface area contributed by atoms with Crippen LogP contribution in [0, 0.1) is 6.92 Å². The van der Waals surface area contributed by atoms with Crippen LogP contribution in [-0.2, 0) is 13.0 Å². The molecule has 2 aromatic carbocycles. The Bertz CT molecular complexity index is 891. The van der Waals surface area contributed by atoms with Crippen molar-refractivity contribution in [3.63, 3.8) is 0 Å². The Labute approximate surface area is 153 Å². The van der Waals surface area contributed by atoms with Gasteiger partial charge in [-0.2, -0.15) is 0 Å². The van der Waals surface area contributed by atoms with Crippen LogP contribution in [0.2, 0.25) is 0 Å². The number of carbonyl (C=O) groups is 1. The molecule has 0 aliphatic heterocycles. The van der Waals surface area contributed by atoms with Crippen LogP contribution in [0.25, 0.3) is 0 Å². The minimum Gasteiger partial charge on any atom is -0.350 e. The summed E-state index contributed by atoms with van der Waals surface area (Å²) in [7, 11) is 0. The smallest absolute Gasteiger partial charge is 0.274 e. The molecular formula is C21H22N4O. The summed E-state index contributed by atoms with van der Waals surface area (Å²) in [6.07, 6.45) is 2.55. The minimum absolute atomic E-state index is 0.254. The average molecular weight is 346 g/mol. The molecule has 0 atom stereocenters. The highest BCUT2D eigenvalue weighted by Crippen LogP contribution is 2.12. The topological polar surface area (TPSA) is 66.9 Å². The van der Waals surface area contributed by atoms with Gasteiger partial charge in [0.25, 0.3) is 5.91 Å². The Morgan fingerprint density at radius 3 is 2.54 bits per heavy atom. The Balaban J connectivity index is 1.66. The van der Waals surface area contributed by atoms with Crippen molar-refractivity contribution >= 4 is 17.5 Å². The monoisotopic (exact) mass is 346 g/mol. The van der Waals surface area contributed by atoms with Crippen LogP contribution >= 0.6 is 0 Å². The third-order valence-electron chi connectivity index (χ3n) is 4.21. The zero-order valence-electron chi connectivity index (χ0n) is 15.0. The maximum Gasteiger partial charge on any atom is 0.274 e. The predicted octanol–water partition coefficient (Wildman–Crippen LogP) is 4.21. The predicted molar refractivity (Wildman–Crippen MR) is 104 cm³/mol. The van der Waals surface area contributed by atoms with Crippen molar-refractivity contribution in [3.8, 4) is 0 Å². The minimum atomic E-state index is -0.254. The molecule has 26 heavy (non-hydrogen) atoms. The lowest BCUT2D eigenvalue weighted by Crippen LogP contribution is -2.15. The number of nitrogens with zero attached hydrogens (tertiary/aromatic N) is 2. The van der Waals surface area contributed by atoms with Gasteiger partial charge in [-0.25, -0.2) is 9.97 Å². The highest BCUT2D eigenvalue weighted by Gasteiger charge is 2.09. The second-order valence-corrected chi connectivity index (χ2v) is 6.05. The van der Waals surface area contributed by atoms with E-state index in [0.29, 0.717) is 18.2 Å². The van der Waals surface area contributed by atoms with Gasteiger partial charge in [0.05, 0.1) is 0 Å². The van der Waals surface area contributed by atoms with Gasteiger partial charge in [-0.15, -0.1) is 0 Å². The Morgan fingerprint density at radius 2 is 1.81 bits per heavy atom. The van der Waals surface area contributed by atoms with Gasteiger partial charge < -0.3 is 10.6 Å². The van der Waals surface area contributed by atoms with Gasteiger partial charge in [-0.05, 0) is 48.2 Å². The quantitative estimate of drug-likeness (QED) is 0.701. The van der Waals surface area contributed by atoms with Crippen LogP contribution in [0.4, 0.5) is 11.6 Å². The van der Waals surface area contributed by atoms with E-state index < -0.39 is 0 Å². The van der Waals surface area contributed by atoms with E-state index in [1.807, 2.05) is 36.4 Å². The van der Waals surface area contributed by atoms with Crippen LogP contribution < -0.4 is 10.6 Å². The largest absolute Gasteiger partial charge is 0.350 e. The number of aromatic nitrogens is 2. The highest BCUT2D eigenvalue weighted by atomic mass is 16.1. The lowest BCUT2D eigenvalue weighted by molar-refractivity contribution is 0.102. The van der Waals surface area contributed by atoms with Crippen LogP contribution in [0.15, 0.2) is 60.8 Å². The molecule has 5 heteroatoms. The number of amides is 1. The SMILES string of the molecule is CCc1ccc(NC(=O)c2ccnc(NCc3ccccc3C)n2)cc1. The zero-order valence-corrected chi connectivity index (χ0v) is 15.0. The fourth-order valence-electron chi connectivity index (χ4n) is 2.57. The first-order valence-electron chi connectivity index (χ1n) is 8.67. The maximum atomic E-state index is 12.4. The maximum absolute atomic E-state index is 12.4. The Kier molecular flexibility index (Phi) is 5.59. The summed E-state index contributed by atoms with van der Waals surface area (Å²) in [4.78, 5) is 20.9. The number of rotatable bonds is 6. The summed E-state index contributed by atoms with van der Waals surface area (Å²) in [6, 6.07) is 17.5. The molecule has 2 N–H and O–H groups in total. The van der Waals surface area contributed by atoms with Gasteiger partial charge >= 0.3 is 0 Å². The number of anilines is 2. The number of hydrogen-bond acceptors (Lipinski definition) is 4. The zero-order chi connectivity index (χ0) is 18.4. The molecule has 5 nitrogen and oxygen atoms in total.